The summed E-state index contributed by atoms with van der Waals surface area (Å²) < 4.78 is 0. The van der Waals surface area contributed by atoms with E-state index in [1.54, 1.807) is 37.3 Å². The van der Waals surface area contributed by atoms with E-state index in [4.69, 9.17) is 11.6 Å². The molecule has 23 heavy (non-hydrogen) atoms. The lowest BCUT2D eigenvalue weighted by atomic mass is 10.1. The molecule has 0 aliphatic heterocycles. The van der Waals surface area contributed by atoms with E-state index in [1.807, 2.05) is 0 Å². The summed E-state index contributed by atoms with van der Waals surface area (Å²) in [6.07, 6.45) is 1.04. The summed E-state index contributed by atoms with van der Waals surface area (Å²) in [4.78, 5) is 20.8. The zero-order valence-electron chi connectivity index (χ0n) is 13.6. The van der Waals surface area contributed by atoms with Crippen molar-refractivity contribution in [3.05, 3.63) is 46.9 Å². The van der Waals surface area contributed by atoms with E-state index in [1.165, 1.54) is 0 Å². The van der Waals surface area contributed by atoms with E-state index >= 15 is 0 Å². The maximum atomic E-state index is 12.3. The molecule has 1 aromatic carbocycles. The van der Waals surface area contributed by atoms with Gasteiger partial charge in [0, 0.05) is 23.3 Å². The van der Waals surface area contributed by atoms with Crippen LogP contribution < -0.4 is 10.6 Å². The Labute approximate surface area is 141 Å². The average Bonchev–Trinajstić information content (AvgIpc) is 2.48. The third kappa shape index (κ3) is 5.53. The number of nitrogens with zero attached hydrogens (tertiary/aromatic N) is 2. The lowest BCUT2D eigenvalue weighted by Gasteiger charge is -2.10. The number of rotatable bonds is 6. The van der Waals surface area contributed by atoms with Crippen molar-refractivity contribution in [2.24, 2.45) is 5.92 Å². The van der Waals surface area contributed by atoms with Gasteiger partial charge in [0.1, 0.15) is 17.3 Å². The largest absolute Gasteiger partial charge is 0.370 e. The molecule has 1 heterocycles. The number of carbonyl (C=O) groups is 1. The van der Waals surface area contributed by atoms with Crippen LogP contribution in [0.3, 0.4) is 0 Å². The number of hydrogen-bond acceptors (Lipinski definition) is 4. The van der Waals surface area contributed by atoms with Crippen LogP contribution in [0.15, 0.2) is 30.3 Å². The summed E-state index contributed by atoms with van der Waals surface area (Å²) in [6, 6.07) is 8.60. The summed E-state index contributed by atoms with van der Waals surface area (Å²) in [7, 11) is 0. The van der Waals surface area contributed by atoms with Crippen molar-refractivity contribution in [3.63, 3.8) is 0 Å². The van der Waals surface area contributed by atoms with Crippen LogP contribution in [0, 0.1) is 12.8 Å². The third-order valence-corrected chi connectivity index (χ3v) is 3.45. The van der Waals surface area contributed by atoms with Crippen molar-refractivity contribution in [2.75, 3.05) is 17.2 Å². The zero-order valence-corrected chi connectivity index (χ0v) is 14.3. The Bertz CT molecular complexity index is 671. The van der Waals surface area contributed by atoms with Crippen LogP contribution in [0.25, 0.3) is 0 Å². The SMILES string of the molecule is Cc1nc(NCCC(C)C)cc(C(=O)Nc2ccc(Cl)cc2)n1. The first kappa shape index (κ1) is 17.2. The van der Waals surface area contributed by atoms with Crippen molar-refractivity contribution in [2.45, 2.75) is 27.2 Å². The molecular weight excluding hydrogens is 312 g/mol. The molecule has 0 atom stereocenters. The van der Waals surface area contributed by atoms with Crippen molar-refractivity contribution in [3.8, 4) is 0 Å². The van der Waals surface area contributed by atoms with Gasteiger partial charge in [-0.05, 0) is 43.5 Å². The quantitative estimate of drug-likeness (QED) is 0.834. The van der Waals surface area contributed by atoms with Crippen molar-refractivity contribution in [1.82, 2.24) is 9.97 Å². The predicted molar refractivity (Wildman–Crippen MR) is 94.1 cm³/mol. The molecule has 0 aliphatic carbocycles. The highest BCUT2D eigenvalue weighted by atomic mass is 35.5. The fourth-order valence-electron chi connectivity index (χ4n) is 1.99. The van der Waals surface area contributed by atoms with E-state index in [2.05, 4.69) is 34.4 Å². The lowest BCUT2D eigenvalue weighted by molar-refractivity contribution is 0.102. The Kier molecular flexibility index (Phi) is 5.93. The molecule has 1 aromatic heterocycles. The molecule has 0 bridgehead atoms. The Balaban J connectivity index is 2.07. The number of hydrogen-bond donors (Lipinski definition) is 2. The van der Waals surface area contributed by atoms with E-state index in [0.29, 0.717) is 34.0 Å². The summed E-state index contributed by atoms with van der Waals surface area (Å²) in [5.41, 5.74) is 1.00. The second-order valence-electron chi connectivity index (χ2n) is 5.76. The maximum absolute atomic E-state index is 12.3. The van der Waals surface area contributed by atoms with Gasteiger partial charge in [-0.25, -0.2) is 9.97 Å². The lowest BCUT2D eigenvalue weighted by Crippen LogP contribution is -2.16. The van der Waals surface area contributed by atoms with Crippen molar-refractivity contribution >= 4 is 29.0 Å². The summed E-state index contributed by atoms with van der Waals surface area (Å²) in [5.74, 6) is 1.56. The second-order valence-corrected chi connectivity index (χ2v) is 6.19. The van der Waals surface area contributed by atoms with Crippen LogP contribution >= 0.6 is 11.6 Å². The molecule has 1 amide bonds. The molecule has 2 N–H and O–H groups in total. The van der Waals surface area contributed by atoms with Crippen LogP contribution in [0.2, 0.25) is 5.02 Å². The number of amides is 1. The zero-order chi connectivity index (χ0) is 16.8. The Morgan fingerprint density at radius 1 is 1.22 bits per heavy atom. The summed E-state index contributed by atoms with van der Waals surface area (Å²) in [6.45, 7) is 6.91. The van der Waals surface area contributed by atoms with Gasteiger partial charge in [0.25, 0.3) is 5.91 Å². The van der Waals surface area contributed by atoms with Crippen LogP contribution in [0.4, 0.5) is 11.5 Å². The van der Waals surface area contributed by atoms with Gasteiger partial charge in [-0.15, -0.1) is 0 Å². The van der Waals surface area contributed by atoms with Crippen LogP contribution in [0.1, 0.15) is 36.6 Å². The van der Waals surface area contributed by atoms with Gasteiger partial charge in [0.2, 0.25) is 0 Å². The molecule has 5 nitrogen and oxygen atoms in total. The number of aryl methyl sites for hydroxylation is 1. The highest BCUT2D eigenvalue weighted by Crippen LogP contribution is 2.15. The molecule has 0 spiro atoms. The minimum atomic E-state index is -0.273. The highest BCUT2D eigenvalue weighted by molar-refractivity contribution is 6.30. The molecule has 0 saturated carbocycles. The molecule has 0 saturated heterocycles. The fraction of sp³-hybridized carbons (Fsp3) is 0.353. The number of nitrogens with one attached hydrogen (secondary N) is 2. The molecule has 0 unspecified atom stereocenters. The topological polar surface area (TPSA) is 66.9 Å². The van der Waals surface area contributed by atoms with Gasteiger partial charge in [-0.2, -0.15) is 0 Å². The first-order valence-electron chi connectivity index (χ1n) is 7.60. The normalized spacial score (nSPS) is 10.7. The number of anilines is 2. The van der Waals surface area contributed by atoms with E-state index in [0.717, 1.165) is 13.0 Å². The summed E-state index contributed by atoms with van der Waals surface area (Å²) >= 11 is 5.84. The molecule has 2 aromatic rings. The van der Waals surface area contributed by atoms with Crippen molar-refractivity contribution in [1.29, 1.82) is 0 Å². The van der Waals surface area contributed by atoms with E-state index in [-0.39, 0.29) is 5.91 Å². The molecule has 0 radical (unpaired) electrons. The first-order valence-corrected chi connectivity index (χ1v) is 7.98. The number of benzene rings is 1. The number of aromatic nitrogens is 2. The van der Waals surface area contributed by atoms with Gasteiger partial charge in [-0.3, -0.25) is 4.79 Å². The highest BCUT2D eigenvalue weighted by Gasteiger charge is 2.11. The molecule has 0 aliphatic rings. The van der Waals surface area contributed by atoms with Gasteiger partial charge in [-0.1, -0.05) is 25.4 Å². The maximum Gasteiger partial charge on any atom is 0.274 e. The number of carbonyl (C=O) groups excluding carboxylic acids is 1. The van der Waals surface area contributed by atoms with E-state index in [9.17, 15) is 4.79 Å². The first-order chi connectivity index (χ1) is 10.9. The molecule has 2 rings (SSSR count). The minimum Gasteiger partial charge on any atom is -0.370 e. The Morgan fingerprint density at radius 3 is 2.57 bits per heavy atom. The monoisotopic (exact) mass is 332 g/mol. The predicted octanol–water partition coefficient (Wildman–Crippen LogP) is 4.15. The molecular formula is C17H21ClN4O. The average molecular weight is 333 g/mol. The molecule has 0 fully saturated rings. The number of halogens is 1. The second kappa shape index (κ2) is 7.92. The third-order valence-electron chi connectivity index (χ3n) is 3.20. The van der Waals surface area contributed by atoms with Gasteiger partial charge >= 0.3 is 0 Å². The van der Waals surface area contributed by atoms with Crippen LogP contribution in [0.5, 0.6) is 0 Å². The fourth-order valence-corrected chi connectivity index (χ4v) is 2.12. The van der Waals surface area contributed by atoms with Gasteiger partial charge < -0.3 is 10.6 Å². The van der Waals surface area contributed by atoms with Crippen LogP contribution in [-0.4, -0.2) is 22.4 Å². The van der Waals surface area contributed by atoms with Gasteiger partial charge in [0.05, 0.1) is 0 Å². The smallest absolute Gasteiger partial charge is 0.274 e. The van der Waals surface area contributed by atoms with Crippen LogP contribution in [-0.2, 0) is 0 Å². The van der Waals surface area contributed by atoms with E-state index < -0.39 is 0 Å². The Morgan fingerprint density at radius 2 is 1.91 bits per heavy atom. The standard InChI is InChI=1S/C17H21ClN4O/c1-11(2)8-9-19-16-10-15(20-12(3)21-16)17(23)22-14-6-4-13(18)5-7-14/h4-7,10-11H,8-9H2,1-3H3,(H,22,23)(H,19,20,21). The Hall–Kier alpha value is -2.14. The minimum absolute atomic E-state index is 0.273. The van der Waals surface area contributed by atoms with Gasteiger partial charge in [0.15, 0.2) is 0 Å². The van der Waals surface area contributed by atoms with Crippen molar-refractivity contribution < 1.29 is 4.79 Å². The molecule has 6 heteroatoms. The molecule has 122 valence electrons. The summed E-state index contributed by atoms with van der Waals surface area (Å²) in [5, 5.41) is 6.66.